The van der Waals surface area contributed by atoms with Gasteiger partial charge in [-0.2, -0.15) is 0 Å². The lowest BCUT2D eigenvalue weighted by molar-refractivity contribution is -0.118. The second-order valence-corrected chi connectivity index (χ2v) is 9.14. The van der Waals surface area contributed by atoms with Gasteiger partial charge >= 0.3 is 0 Å². The lowest BCUT2D eigenvalue weighted by Crippen LogP contribution is -2.38. The highest BCUT2D eigenvalue weighted by Crippen LogP contribution is 2.17. The number of benzene rings is 2. The van der Waals surface area contributed by atoms with E-state index in [0.29, 0.717) is 24.9 Å². The third-order valence-corrected chi connectivity index (χ3v) is 6.59. The number of halogens is 1. The molecule has 1 aliphatic rings. The molecule has 0 radical (unpaired) electrons. The van der Waals surface area contributed by atoms with Crippen LogP contribution in [0.5, 0.6) is 5.75 Å². The maximum Gasteiger partial charge on any atom is 0.230 e. The zero-order valence-electron chi connectivity index (χ0n) is 18.0. The number of hydrogen-bond donors (Lipinski definition) is 1. The fourth-order valence-corrected chi connectivity index (χ4v) is 4.40. The van der Waals surface area contributed by atoms with Crippen molar-refractivity contribution in [2.75, 3.05) is 39.2 Å². The number of rotatable bonds is 11. The van der Waals surface area contributed by atoms with Gasteiger partial charge in [-0.05, 0) is 55.3 Å². The highest BCUT2D eigenvalue weighted by Gasteiger charge is 2.17. The summed E-state index contributed by atoms with van der Waals surface area (Å²) in [4.78, 5) is 14.5. The minimum atomic E-state index is 0.0309. The summed E-state index contributed by atoms with van der Waals surface area (Å²) >= 11 is 7.49. The molecular formula is C24H31ClN2O3S. The molecule has 5 nitrogen and oxygen atoms in total. The third kappa shape index (κ3) is 8.73. The summed E-state index contributed by atoms with van der Waals surface area (Å²) in [7, 11) is 2.15. The molecule has 0 spiro atoms. The zero-order chi connectivity index (χ0) is 21.9. The van der Waals surface area contributed by atoms with Gasteiger partial charge in [0.15, 0.2) is 0 Å². The highest BCUT2D eigenvalue weighted by molar-refractivity contribution is 7.99. The van der Waals surface area contributed by atoms with E-state index in [1.807, 2.05) is 48.5 Å². The van der Waals surface area contributed by atoms with Gasteiger partial charge in [0.1, 0.15) is 12.4 Å². The van der Waals surface area contributed by atoms with Crippen LogP contribution in [-0.4, -0.2) is 56.0 Å². The van der Waals surface area contributed by atoms with Gasteiger partial charge in [0.25, 0.3) is 0 Å². The Bertz CT molecular complexity index is 813. The van der Waals surface area contributed by atoms with E-state index >= 15 is 0 Å². The van der Waals surface area contributed by atoms with Gasteiger partial charge in [-0.3, -0.25) is 9.69 Å². The van der Waals surface area contributed by atoms with E-state index in [4.69, 9.17) is 21.1 Å². The third-order valence-electron chi connectivity index (χ3n) is 5.33. The van der Waals surface area contributed by atoms with E-state index in [-0.39, 0.29) is 5.91 Å². The van der Waals surface area contributed by atoms with Crippen LogP contribution in [0.4, 0.5) is 0 Å². The lowest BCUT2D eigenvalue weighted by Gasteiger charge is -2.31. The van der Waals surface area contributed by atoms with E-state index in [0.717, 1.165) is 60.3 Å². The van der Waals surface area contributed by atoms with Gasteiger partial charge in [-0.15, -0.1) is 11.8 Å². The predicted octanol–water partition coefficient (Wildman–Crippen LogP) is 4.38. The molecule has 1 aliphatic heterocycles. The Balaban J connectivity index is 1.33. The van der Waals surface area contributed by atoms with Crippen molar-refractivity contribution in [3.05, 3.63) is 64.7 Å². The van der Waals surface area contributed by atoms with Crippen LogP contribution in [0.3, 0.4) is 0 Å². The number of nitrogens with one attached hydrogen (secondary N) is 1. The van der Waals surface area contributed by atoms with Crippen molar-refractivity contribution >= 4 is 29.3 Å². The smallest absolute Gasteiger partial charge is 0.230 e. The fourth-order valence-electron chi connectivity index (χ4n) is 3.46. The summed E-state index contributed by atoms with van der Waals surface area (Å²) in [5.41, 5.74) is 2.20. The molecule has 3 rings (SSSR count). The number of carbonyl (C=O) groups excluding carboxylic acids is 1. The normalized spacial score (nSPS) is 14.5. The lowest BCUT2D eigenvalue weighted by atomic mass is 10.1. The second kappa shape index (κ2) is 13.0. The second-order valence-electron chi connectivity index (χ2n) is 7.72. The van der Waals surface area contributed by atoms with Crippen molar-refractivity contribution in [2.45, 2.75) is 31.2 Å². The molecule has 2 aromatic carbocycles. The molecule has 1 amide bonds. The van der Waals surface area contributed by atoms with Crippen LogP contribution in [0.2, 0.25) is 5.02 Å². The number of hydrogen-bond acceptors (Lipinski definition) is 5. The highest BCUT2D eigenvalue weighted by atomic mass is 35.5. The van der Waals surface area contributed by atoms with Gasteiger partial charge in [0.2, 0.25) is 5.91 Å². The molecule has 0 aliphatic carbocycles. The number of thioether (sulfide) groups is 1. The molecule has 0 bridgehead atoms. The Morgan fingerprint density at radius 2 is 1.97 bits per heavy atom. The zero-order valence-corrected chi connectivity index (χ0v) is 19.6. The number of likely N-dealkylation sites (N-methyl/N-ethyl adjacent to an activating group) is 1. The molecule has 0 atom stereocenters. The fraction of sp³-hybridized carbons (Fsp3) is 0.458. The van der Waals surface area contributed by atoms with Gasteiger partial charge in [0, 0.05) is 43.1 Å². The van der Waals surface area contributed by atoms with Gasteiger partial charge in [0.05, 0.1) is 5.75 Å². The Morgan fingerprint density at radius 1 is 1.19 bits per heavy atom. The largest absolute Gasteiger partial charge is 0.492 e. The number of carbonyl (C=O) groups is 1. The van der Waals surface area contributed by atoms with Gasteiger partial charge in [-0.25, -0.2) is 0 Å². The van der Waals surface area contributed by atoms with Gasteiger partial charge in [-0.1, -0.05) is 35.9 Å². The van der Waals surface area contributed by atoms with Crippen molar-refractivity contribution in [1.82, 2.24) is 10.2 Å². The van der Waals surface area contributed by atoms with Gasteiger partial charge < -0.3 is 14.8 Å². The van der Waals surface area contributed by atoms with E-state index < -0.39 is 0 Å². The molecule has 7 heteroatoms. The minimum Gasteiger partial charge on any atom is -0.492 e. The van der Waals surface area contributed by atoms with E-state index in [9.17, 15) is 4.79 Å². The predicted molar refractivity (Wildman–Crippen MR) is 128 cm³/mol. The monoisotopic (exact) mass is 462 g/mol. The standard InChI is InChI=1S/C24H31ClN2O3S/c1-27(22-9-12-29-13-10-22)11-14-30-23-4-2-3-20(15-23)16-26-24(28)18-31-17-19-5-7-21(25)8-6-19/h2-8,15,22H,9-14,16-18H2,1H3,(H,26,28). The van der Waals surface area contributed by atoms with Crippen LogP contribution in [-0.2, 0) is 21.8 Å². The van der Waals surface area contributed by atoms with Crippen molar-refractivity contribution in [3.8, 4) is 5.75 Å². The Labute approximate surface area is 194 Å². The SMILES string of the molecule is CN(CCOc1cccc(CNC(=O)CSCc2ccc(Cl)cc2)c1)C1CCOCC1. The molecule has 31 heavy (non-hydrogen) atoms. The average Bonchev–Trinajstić information content (AvgIpc) is 2.80. The molecule has 1 heterocycles. The molecular weight excluding hydrogens is 432 g/mol. The van der Waals surface area contributed by atoms with Crippen LogP contribution in [0.25, 0.3) is 0 Å². The molecule has 0 aromatic heterocycles. The van der Waals surface area contributed by atoms with Crippen LogP contribution < -0.4 is 10.1 Å². The summed E-state index contributed by atoms with van der Waals surface area (Å²) < 4.78 is 11.4. The number of amides is 1. The molecule has 0 unspecified atom stereocenters. The van der Waals surface area contributed by atoms with E-state index in [1.54, 1.807) is 11.8 Å². The van der Waals surface area contributed by atoms with Crippen molar-refractivity contribution in [1.29, 1.82) is 0 Å². The summed E-state index contributed by atoms with van der Waals surface area (Å²) in [6, 6.07) is 16.2. The number of ether oxygens (including phenoxy) is 2. The topological polar surface area (TPSA) is 50.8 Å². The summed E-state index contributed by atoms with van der Waals surface area (Å²) in [6.45, 7) is 3.73. The minimum absolute atomic E-state index is 0.0309. The maximum atomic E-state index is 12.1. The Morgan fingerprint density at radius 3 is 2.74 bits per heavy atom. The molecule has 2 aromatic rings. The first-order valence-electron chi connectivity index (χ1n) is 10.7. The van der Waals surface area contributed by atoms with Crippen LogP contribution >= 0.6 is 23.4 Å². The average molecular weight is 463 g/mol. The maximum absolute atomic E-state index is 12.1. The first kappa shape index (κ1) is 23.9. The van der Waals surface area contributed by atoms with Crippen LogP contribution in [0.1, 0.15) is 24.0 Å². The molecule has 0 saturated carbocycles. The van der Waals surface area contributed by atoms with Crippen molar-refractivity contribution in [3.63, 3.8) is 0 Å². The summed E-state index contributed by atoms with van der Waals surface area (Å²) in [5.74, 6) is 2.08. The van der Waals surface area contributed by atoms with Crippen LogP contribution in [0.15, 0.2) is 48.5 Å². The molecule has 1 N–H and O–H groups in total. The van der Waals surface area contributed by atoms with Crippen molar-refractivity contribution in [2.24, 2.45) is 0 Å². The quantitative estimate of drug-likeness (QED) is 0.537. The van der Waals surface area contributed by atoms with E-state index in [2.05, 4.69) is 17.3 Å². The Hall–Kier alpha value is -1.73. The van der Waals surface area contributed by atoms with Crippen molar-refractivity contribution < 1.29 is 14.3 Å². The Kier molecular flexibility index (Phi) is 10.0. The van der Waals surface area contributed by atoms with E-state index in [1.165, 1.54) is 0 Å². The van der Waals surface area contributed by atoms with Crippen LogP contribution in [0, 0.1) is 0 Å². The first-order chi connectivity index (χ1) is 15.1. The summed E-state index contributed by atoms with van der Waals surface area (Å²) in [6.07, 6.45) is 2.17. The molecule has 168 valence electrons. The molecule has 1 saturated heterocycles. The number of nitrogens with zero attached hydrogens (tertiary/aromatic N) is 1. The molecule has 1 fully saturated rings. The summed E-state index contributed by atoms with van der Waals surface area (Å²) in [5, 5.41) is 3.71. The first-order valence-corrected chi connectivity index (χ1v) is 12.2.